The highest BCUT2D eigenvalue weighted by molar-refractivity contribution is 6.07. The van der Waals surface area contributed by atoms with E-state index in [2.05, 4.69) is 10.2 Å². The number of ketones is 1. The first-order valence-electron chi connectivity index (χ1n) is 8.72. The lowest BCUT2D eigenvalue weighted by Gasteiger charge is -2.18. The van der Waals surface area contributed by atoms with E-state index in [9.17, 15) is 4.79 Å². The normalized spacial score (nSPS) is 13.2. The van der Waals surface area contributed by atoms with Gasteiger partial charge in [-0.1, -0.05) is 18.2 Å². The van der Waals surface area contributed by atoms with E-state index in [4.69, 9.17) is 9.47 Å². The van der Waals surface area contributed by atoms with Gasteiger partial charge in [0.05, 0.1) is 0 Å². The van der Waals surface area contributed by atoms with Gasteiger partial charge in [0.1, 0.15) is 13.2 Å². The van der Waals surface area contributed by atoms with Crippen LogP contribution in [0.2, 0.25) is 0 Å². The van der Waals surface area contributed by atoms with E-state index in [1.165, 1.54) is 0 Å². The highest BCUT2D eigenvalue weighted by atomic mass is 16.6. The fraction of sp³-hybridized carbons (Fsp3) is 0.286. The number of rotatable bonds is 7. The maximum atomic E-state index is 12.4. The Balaban J connectivity index is 1.59. The summed E-state index contributed by atoms with van der Waals surface area (Å²) >= 11 is 0. The summed E-state index contributed by atoms with van der Waals surface area (Å²) < 4.78 is 11.0. The molecule has 0 fully saturated rings. The Labute approximate surface area is 154 Å². The molecule has 0 aromatic heterocycles. The number of hydrogen-bond donors (Lipinski definition) is 1. The van der Waals surface area contributed by atoms with Crippen LogP contribution in [-0.4, -0.2) is 51.1 Å². The number of benzene rings is 2. The Morgan fingerprint density at radius 1 is 1.08 bits per heavy atom. The van der Waals surface area contributed by atoms with E-state index >= 15 is 0 Å². The average molecular weight is 352 g/mol. The van der Waals surface area contributed by atoms with E-state index in [1.54, 1.807) is 24.3 Å². The van der Waals surface area contributed by atoms with E-state index in [1.807, 2.05) is 44.4 Å². The number of ether oxygens (including phenoxy) is 2. The summed E-state index contributed by atoms with van der Waals surface area (Å²) in [4.78, 5) is 14.5. The van der Waals surface area contributed by atoms with Crippen LogP contribution in [0.5, 0.6) is 11.5 Å². The van der Waals surface area contributed by atoms with Gasteiger partial charge in [0, 0.05) is 24.3 Å². The third-order valence-electron chi connectivity index (χ3n) is 4.05. The van der Waals surface area contributed by atoms with Crippen LogP contribution in [0.4, 0.5) is 5.69 Å². The molecule has 1 aliphatic heterocycles. The monoisotopic (exact) mass is 352 g/mol. The summed E-state index contributed by atoms with van der Waals surface area (Å²) in [5, 5.41) is 3.36. The average Bonchev–Trinajstić information content (AvgIpc) is 2.66. The van der Waals surface area contributed by atoms with Gasteiger partial charge in [-0.2, -0.15) is 0 Å². The molecule has 0 saturated carbocycles. The molecule has 0 spiro atoms. The van der Waals surface area contributed by atoms with Crippen LogP contribution in [0.15, 0.2) is 48.5 Å². The van der Waals surface area contributed by atoms with Crippen LogP contribution >= 0.6 is 0 Å². The largest absolute Gasteiger partial charge is 0.486 e. The summed E-state index contributed by atoms with van der Waals surface area (Å²) in [6.45, 7) is 2.92. The van der Waals surface area contributed by atoms with E-state index in [0.717, 1.165) is 24.3 Å². The zero-order valence-corrected chi connectivity index (χ0v) is 15.2. The Bertz CT molecular complexity index is 782. The standard InChI is InChI=1S/C21H24N2O3/c1-23(2)12-11-22-18-7-3-16(4-8-18)5-9-19(24)17-6-10-20-21(15-17)26-14-13-25-20/h3-10,15,22H,11-14H2,1-2H3/b9-5+. The van der Waals surface area contributed by atoms with Gasteiger partial charge in [0.15, 0.2) is 17.3 Å². The van der Waals surface area contributed by atoms with Gasteiger partial charge in [-0.25, -0.2) is 0 Å². The highest BCUT2D eigenvalue weighted by Crippen LogP contribution is 2.31. The molecule has 0 unspecified atom stereocenters. The fourth-order valence-electron chi connectivity index (χ4n) is 2.60. The van der Waals surface area contributed by atoms with Gasteiger partial charge >= 0.3 is 0 Å². The fourth-order valence-corrected chi connectivity index (χ4v) is 2.60. The Hall–Kier alpha value is -2.79. The van der Waals surface area contributed by atoms with Crippen molar-refractivity contribution in [2.75, 3.05) is 45.7 Å². The van der Waals surface area contributed by atoms with Gasteiger partial charge in [-0.05, 0) is 56.1 Å². The quantitative estimate of drug-likeness (QED) is 0.612. The molecule has 5 heteroatoms. The maximum absolute atomic E-state index is 12.4. The Morgan fingerprint density at radius 2 is 1.81 bits per heavy atom. The number of nitrogens with one attached hydrogen (secondary N) is 1. The molecule has 3 rings (SSSR count). The molecule has 0 bridgehead atoms. The molecule has 26 heavy (non-hydrogen) atoms. The minimum absolute atomic E-state index is 0.0600. The second-order valence-corrected chi connectivity index (χ2v) is 6.41. The third kappa shape index (κ3) is 4.86. The molecule has 0 radical (unpaired) electrons. The Kier molecular flexibility index (Phi) is 5.92. The van der Waals surface area contributed by atoms with Crippen molar-refractivity contribution in [2.24, 2.45) is 0 Å². The molecular weight excluding hydrogens is 328 g/mol. The molecule has 0 saturated heterocycles. The molecule has 136 valence electrons. The van der Waals surface area contributed by atoms with Crippen LogP contribution in [-0.2, 0) is 0 Å². The third-order valence-corrected chi connectivity index (χ3v) is 4.05. The number of carbonyl (C=O) groups is 1. The summed E-state index contributed by atoms with van der Waals surface area (Å²) in [7, 11) is 4.10. The highest BCUT2D eigenvalue weighted by Gasteiger charge is 2.13. The van der Waals surface area contributed by atoms with Gasteiger partial charge in [-0.3, -0.25) is 4.79 Å². The van der Waals surface area contributed by atoms with Crippen LogP contribution in [0, 0.1) is 0 Å². The molecular formula is C21H24N2O3. The molecule has 2 aromatic rings. The smallest absolute Gasteiger partial charge is 0.185 e. The Morgan fingerprint density at radius 3 is 2.54 bits per heavy atom. The number of fused-ring (bicyclic) bond motifs is 1. The van der Waals surface area contributed by atoms with Crippen molar-refractivity contribution >= 4 is 17.5 Å². The lowest BCUT2D eigenvalue weighted by Crippen LogP contribution is -2.20. The first-order valence-corrected chi connectivity index (χ1v) is 8.72. The maximum Gasteiger partial charge on any atom is 0.185 e. The molecule has 0 aliphatic carbocycles. The van der Waals surface area contributed by atoms with Crippen molar-refractivity contribution in [1.82, 2.24) is 4.90 Å². The van der Waals surface area contributed by atoms with Gasteiger partial charge in [0.2, 0.25) is 0 Å². The molecule has 0 amide bonds. The first kappa shape index (κ1) is 18.0. The SMILES string of the molecule is CN(C)CCNc1ccc(/C=C/C(=O)c2ccc3c(c2)OCCO3)cc1. The van der Waals surface area contributed by atoms with Crippen LogP contribution in [0.3, 0.4) is 0 Å². The van der Waals surface area contributed by atoms with Crippen molar-refractivity contribution in [3.05, 3.63) is 59.7 Å². The van der Waals surface area contributed by atoms with E-state index < -0.39 is 0 Å². The van der Waals surface area contributed by atoms with Crippen molar-refractivity contribution in [3.8, 4) is 11.5 Å². The van der Waals surface area contributed by atoms with Gasteiger partial charge < -0.3 is 19.7 Å². The lowest BCUT2D eigenvalue weighted by molar-refractivity contribution is 0.104. The second-order valence-electron chi connectivity index (χ2n) is 6.41. The van der Waals surface area contributed by atoms with E-state index in [-0.39, 0.29) is 5.78 Å². The van der Waals surface area contributed by atoms with Crippen molar-refractivity contribution in [3.63, 3.8) is 0 Å². The minimum Gasteiger partial charge on any atom is -0.486 e. The summed E-state index contributed by atoms with van der Waals surface area (Å²) in [5.41, 5.74) is 2.64. The first-order chi connectivity index (χ1) is 12.6. The summed E-state index contributed by atoms with van der Waals surface area (Å²) in [6, 6.07) is 13.3. The topological polar surface area (TPSA) is 50.8 Å². The lowest BCUT2D eigenvalue weighted by atomic mass is 10.1. The number of likely N-dealkylation sites (N-methyl/N-ethyl adjacent to an activating group) is 1. The van der Waals surface area contributed by atoms with Crippen LogP contribution in [0.1, 0.15) is 15.9 Å². The van der Waals surface area contributed by atoms with E-state index in [0.29, 0.717) is 30.3 Å². The predicted molar refractivity (Wildman–Crippen MR) is 104 cm³/mol. The molecule has 1 aliphatic rings. The second kappa shape index (κ2) is 8.54. The molecule has 1 N–H and O–H groups in total. The number of carbonyl (C=O) groups excluding carboxylic acids is 1. The number of anilines is 1. The molecule has 5 nitrogen and oxygen atoms in total. The van der Waals surface area contributed by atoms with Crippen molar-refractivity contribution in [1.29, 1.82) is 0 Å². The number of allylic oxidation sites excluding steroid dienone is 1. The van der Waals surface area contributed by atoms with Crippen LogP contribution < -0.4 is 14.8 Å². The summed E-state index contributed by atoms with van der Waals surface area (Å²) in [6.07, 6.45) is 3.41. The van der Waals surface area contributed by atoms with Gasteiger partial charge in [-0.15, -0.1) is 0 Å². The molecule has 2 aromatic carbocycles. The minimum atomic E-state index is -0.0600. The predicted octanol–water partition coefficient (Wildman–Crippen LogP) is 3.33. The molecule has 1 heterocycles. The van der Waals surface area contributed by atoms with Crippen molar-refractivity contribution < 1.29 is 14.3 Å². The zero-order valence-electron chi connectivity index (χ0n) is 15.2. The zero-order chi connectivity index (χ0) is 18.4. The molecule has 0 atom stereocenters. The van der Waals surface area contributed by atoms with Gasteiger partial charge in [0.25, 0.3) is 0 Å². The van der Waals surface area contributed by atoms with Crippen molar-refractivity contribution in [2.45, 2.75) is 0 Å². The number of nitrogens with zero attached hydrogens (tertiary/aromatic N) is 1. The van der Waals surface area contributed by atoms with Crippen LogP contribution in [0.25, 0.3) is 6.08 Å². The number of hydrogen-bond acceptors (Lipinski definition) is 5. The summed E-state index contributed by atoms with van der Waals surface area (Å²) in [5.74, 6) is 1.26.